The highest BCUT2D eigenvalue weighted by molar-refractivity contribution is 5.39. The van der Waals surface area contributed by atoms with Crippen molar-refractivity contribution in [2.75, 3.05) is 19.3 Å². The highest BCUT2D eigenvalue weighted by atomic mass is 15.1. The largest absolute Gasteiger partial charge is 0.399 e. The molecule has 0 saturated heterocycles. The van der Waals surface area contributed by atoms with Crippen LogP contribution in [0.15, 0.2) is 24.3 Å². The van der Waals surface area contributed by atoms with E-state index in [9.17, 15) is 0 Å². The lowest BCUT2D eigenvalue weighted by Gasteiger charge is -2.11. The molecule has 13 heavy (non-hydrogen) atoms. The molecule has 0 aliphatic carbocycles. The van der Waals surface area contributed by atoms with Gasteiger partial charge in [-0.25, -0.2) is 0 Å². The fraction of sp³-hybridized carbons (Fsp3) is 0.300. The lowest BCUT2D eigenvalue weighted by molar-refractivity contribution is 0.367. The number of nitriles is 1. The van der Waals surface area contributed by atoms with Gasteiger partial charge in [0.05, 0.1) is 12.6 Å². The number of hydrogen-bond acceptors (Lipinski definition) is 3. The third-order valence-electron chi connectivity index (χ3n) is 1.77. The number of nitrogens with zero attached hydrogens (tertiary/aromatic N) is 2. The highest BCUT2D eigenvalue weighted by Crippen LogP contribution is 2.06. The van der Waals surface area contributed by atoms with Crippen molar-refractivity contribution < 1.29 is 0 Å². The molecule has 0 heterocycles. The Morgan fingerprint density at radius 3 is 2.54 bits per heavy atom. The Hall–Kier alpha value is -1.53. The van der Waals surface area contributed by atoms with Gasteiger partial charge in [0.25, 0.3) is 0 Å². The summed E-state index contributed by atoms with van der Waals surface area (Å²) in [5, 5.41) is 8.45. The van der Waals surface area contributed by atoms with Crippen LogP contribution >= 0.6 is 0 Å². The molecule has 1 aromatic carbocycles. The molecule has 0 saturated carbocycles. The Balaban J connectivity index is 2.55. The summed E-state index contributed by atoms with van der Waals surface area (Å²) < 4.78 is 0. The molecule has 2 N–H and O–H groups in total. The fourth-order valence-electron chi connectivity index (χ4n) is 1.11. The molecule has 3 heteroatoms. The maximum atomic E-state index is 8.45. The van der Waals surface area contributed by atoms with Crippen molar-refractivity contribution >= 4 is 5.69 Å². The van der Waals surface area contributed by atoms with Crippen LogP contribution in [-0.4, -0.2) is 18.5 Å². The average molecular weight is 175 g/mol. The van der Waals surface area contributed by atoms with E-state index in [1.807, 2.05) is 36.2 Å². The van der Waals surface area contributed by atoms with Crippen LogP contribution in [-0.2, 0) is 6.54 Å². The first kappa shape index (κ1) is 9.56. The van der Waals surface area contributed by atoms with E-state index in [1.54, 1.807) is 0 Å². The van der Waals surface area contributed by atoms with E-state index in [0.717, 1.165) is 12.2 Å². The first-order valence-electron chi connectivity index (χ1n) is 4.12. The van der Waals surface area contributed by atoms with Gasteiger partial charge < -0.3 is 5.73 Å². The first-order chi connectivity index (χ1) is 6.22. The summed E-state index contributed by atoms with van der Waals surface area (Å²) in [6, 6.07) is 9.79. The average Bonchev–Trinajstić information content (AvgIpc) is 2.09. The van der Waals surface area contributed by atoms with E-state index >= 15 is 0 Å². The lowest BCUT2D eigenvalue weighted by Crippen LogP contribution is -2.17. The Labute approximate surface area is 78.4 Å². The van der Waals surface area contributed by atoms with E-state index in [1.165, 1.54) is 5.56 Å². The molecule has 3 nitrogen and oxygen atoms in total. The first-order valence-corrected chi connectivity index (χ1v) is 4.12. The van der Waals surface area contributed by atoms with Crippen molar-refractivity contribution in [1.29, 1.82) is 5.26 Å². The lowest BCUT2D eigenvalue weighted by atomic mass is 10.2. The van der Waals surface area contributed by atoms with Crippen molar-refractivity contribution in [2.45, 2.75) is 6.54 Å². The molecular weight excluding hydrogens is 162 g/mol. The van der Waals surface area contributed by atoms with Gasteiger partial charge in [-0.15, -0.1) is 0 Å². The molecular formula is C10H13N3. The summed E-state index contributed by atoms with van der Waals surface area (Å²) in [5.74, 6) is 0. The molecule has 0 unspecified atom stereocenters. The highest BCUT2D eigenvalue weighted by Gasteiger charge is 1.98. The second kappa shape index (κ2) is 4.48. The van der Waals surface area contributed by atoms with Gasteiger partial charge in [0.1, 0.15) is 0 Å². The van der Waals surface area contributed by atoms with Crippen LogP contribution in [0.1, 0.15) is 5.56 Å². The molecule has 0 radical (unpaired) electrons. The quantitative estimate of drug-likeness (QED) is 0.555. The zero-order valence-corrected chi connectivity index (χ0v) is 7.70. The maximum Gasteiger partial charge on any atom is 0.0866 e. The monoisotopic (exact) mass is 175 g/mol. The van der Waals surface area contributed by atoms with Gasteiger partial charge in [-0.2, -0.15) is 5.26 Å². The minimum atomic E-state index is 0.449. The zero-order valence-electron chi connectivity index (χ0n) is 7.70. The van der Waals surface area contributed by atoms with E-state index in [4.69, 9.17) is 11.0 Å². The molecule has 0 spiro atoms. The topological polar surface area (TPSA) is 53.0 Å². The zero-order chi connectivity index (χ0) is 9.68. The van der Waals surface area contributed by atoms with Gasteiger partial charge in [-0.05, 0) is 24.7 Å². The number of nitrogen functional groups attached to an aromatic ring is 1. The summed E-state index contributed by atoms with van der Waals surface area (Å²) >= 11 is 0. The van der Waals surface area contributed by atoms with Gasteiger partial charge in [0.2, 0.25) is 0 Å². The predicted octanol–water partition coefficient (Wildman–Crippen LogP) is 1.22. The van der Waals surface area contributed by atoms with E-state index in [0.29, 0.717) is 6.54 Å². The smallest absolute Gasteiger partial charge is 0.0866 e. The summed E-state index contributed by atoms with van der Waals surface area (Å²) in [6.07, 6.45) is 0. The van der Waals surface area contributed by atoms with Crippen LogP contribution in [0, 0.1) is 11.3 Å². The van der Waals surface area contributed by atoms with Gasteiger partial charge in [-0.3, -0.25) is 4.90 Å². The minimum absolute atomic E-state index is 0.449. The molecule has 0 amide bonds. The summed E-state index contributed by atoms with van der Waals surface area (Å²) in [6.45, 7) is 1.23. The predicted molar refractivity (Wildman–Crippen MR) is 52.8 cm³/mol. The number of rotatable bonds is 3. The second-order valence-corrected chi connectivity index (χ2v) is 3.07. The molecule has 0 fully saturated rings. The molecule has 0 aliphatic heterocycles. The van der Waals surface area contributed by atoms with Crippen LogP contribution in [0.4, 0.5) is 5.69 Å². The molecule has 0 bridgehead atoms. The Morgan fingerprint density at radius 1 is 1.38 bits per heavy atom. The van der Waals surface area contributed by atoms with Crippen molar-refractivity contribution in [1.82, 2.24) is 4.90 Å². The summed E-state index contributed by atoms with van der Waals surface area (Å²) in [5.41, 5.74) is 7.49. The van der Waals surface area contributed by atoms with Crippen LogP contribution in [0.25, 0.3) is 0 Å². The maximum absolute atomic E-state index is 8.45. The van der Waals surface area contributed by atoms with Gasteiger partial charge in [0, 0.05) is 12.2 Å². The number of nitrogens with two attached hydrogens (primary N) is 1. The van der Waals surface area contributed by atoms with Crippen molar-refractivity contribution in [3.05, 3.63) is 29.8 Å². The Kier molecular flexibility index (Phi) is 3.30. The standard InChI is InChI=1S/C10H13N3/c1-13(7-6-11)8-9-2-4-10(12)5-3-9/h2-5H,7-8,12H2,1H3. The van der Waals surface area contributed by atoms with Crippen molar-refractivity contribution in [3.8, 4) is 6.07 Å². The van der Waals surface area contributed by atoms with Gasteiger partial charge in [-0.1, -0.05) is 12.1 Å². The van der Waals surface area contributed by atoms with E-state index in [-0.39, 0.29) is 0 Å². The van der Waals surface area contributed by atoms with Crippen LogP contribution in [0.3, 0.4) is 0 Å². The molecule has 1 rings (SSSR count). The number of benzene rings is 1. The van der Waals surface area contributed by atoms with Crippen molar-refractivity contribution in [2.24, 2.45) is 0 Å². The second-order valence-electron chi connectivity index (χ2n) is 3.07. The molecule has 0 aliphatic rings. The van der Waals surface area contributed by atoms with E-state index < -0.39 is 0 Å². The normalized spacial score (nSPS) is 9.92. The molecule has 0 atom stereocenters. The SMILES string of the molecule is CN(CC#N)Cc1ccc(N)cc1. The van der Waals surface area contributed by atoms with Gasteiger partial charge in [0.15, 0.2) is 0 Å². The minimum Gasteiger partial charge on any atom is -0.399 e. The van der Waals surface area contributed by atoms with Crippen LogP contribution < -0.4 is 5.73 Å². The van der Waals surface area contributed by atoms with Crippen LogP contribution in [0.5, 0.6) is 0 Å². The van der Waals surface area contributed by atoms with E-state index in [2.05, 4.69) is 6.07 Å². The molecule has 0 aromatic heterocycles. The number of hydrogen-bond donors (Lipinski definition) is 1. The summed E-state index contributed by atoms with van der Waals surface area (Å²) in [7, 11) is 1.92. The number of anilines is 1. The Bertz CT molecular complexity index is 297. The fourth-order valence-corrected chi connectivity index (χ4v) is 1.11. The molecule has 68 valence electrons. The van der Waals surface area contributed by atoms with Crippen LogP contribution in [0.2, 0.25) is 0 Å². The summed E-state index contributed by atoms with van der Waals surface area (Å²) in [4.78, 5) is 1.95. The van der Waals surface area contributed by atoms with Crippen molar-refractivity contribution in [3.63, 3.8) is 0 Å². The third kappa shape index (κ3) is 3.14. The van der Waals surface area contributed by atoms with Gasteiger partial charge >= 0.3 is 0 Å². The third-order valence-corrected chi connectivity index (χ3v) is 1.77. The Morgan fingerprint density at radius 2 is 2.00 bits per heavy atom. The molecule has 1 aromatic rings.